The number of carbonyl (C=O) groups excluding carboxylic acids is 2. The molecule has 0 radical (unpaired) electrons. The predicted octanol–water partition coefficient (Wildman–Crippen LogP) is 5.59. The molecule has 3 rings (SSSR count). The van der Waals surface area contributed by atoms with Crippen molar-refractivity contribution in [3.8, 4) is 5.75 Å². The maximum atomic E-state index is 14.2. The fourth-order valence-electron chi connectivity index (χ4n) is 4.58. The third-order valence-corrected chi connectivity index (χ3v) is 8.80. The van der Waals surface area contributed by atoms with Crippen LogP contribution in [-0.2, 0) is 26.2 Å². The summed E-state index contributed by atoms with van der Waals surface area (Å²) in [4.78, 5) is 29.1. The van der Waals surface area contributed by atoms with E-state index < -0.39 is 28.5 Å². The normalized spacial score (nSPS) is 12.2. The molecule has 0 unspecified atom stereocenters. The fourth-order valence-corrected chi connectivity index (χ4v) is 6.02. The van der Waals surface area contributed by atoms with Crippen molar-refractivity contribution in [2.75, 3.05) is 24.5 Å². The Morgan fingerprint density at radius 3 is 2.14 bits per heavy atom. The van der Waals surface area contributed by atoms with Crippen molar-refractivity contribution in [1.29, 1.82) is 0 Å². The highest BCUT2D eigenvalue weighted by Gasteiger charge is 2.33. The van der Waals surface area contributed by atoms with Gasteiger partial charge in [0.1, 0.15) is 18.3 Å². The van der Waals surface area contributed by atoms with Crippen LogP contribution in [0.25, 0.3) is 0 Å². The molecular weight excluding hydrogens is 550 g/mol. The summed E-state index contributed by atoms with van der Waals surface area (Å²) in [7, 11) is -2.55. The molecular formula is C33H43N3O5S. The summed E-state index contributed by atoms with van der Waals surface area (Å²) >= 11 is 0. The summed E-state index contributed by atoms with van der Waals surface area (Å²) in [6.07, 6.45) is 0.355. The molecule has 1 N–H and O–H groups in total. The number of anilines is 1. The van der Waals surface area contributed by atoms with E-state index in [-0.39, 0.29) is 29.2 Å². The number of hydrogen-bond donors (Lipinski definition) is 1. The second-order valence-corrected chi connectivity index (χ2v) is 12.9. The molecule has 0 spiro atoms. The summed E-state index contributed by atoms with van der Waals surface area (Å²) in [5.41, 5.74) is 2.18. The van der Waals surface area contributed by atoms with E-state index in [9.17, 15) is 18.0 Å². The van der Waals surface area contributed by atoms with Crippen molar-refractivity contribution >= 4 is 27.5 Å². The van der Waals surface area contributed by atoms with E-state index in [4.69, 9.17) is 4.74 Å². The third-order valence-electron chi connectivity index (χ3n) is 7.02. The summed E-state index contributed by atoms with van der Waals surface area (Å²) in [6.45, 7) is 10.0. The van der Waals surface area contributed by atoms with Crippen LogP contribution in [0, 0.1) is 5.92 Å². The molecule has 1 atom stereocenters. The van der Waals surface area contributed by atoms with E-state index in [1.54, 1.807) is 43.5 Å². The Morgan fingerprint density at radius 2 is 1.57 bits per heavy atom. The van der Waals surface area contributed by atoms with Crippen LogP contribution in [-0.4, -0.2) is 51.4 Å². The van der Waals surface area contributed by atoms with E-state index in [1.165, 1.54) is 17.0 Å². The number of nitrogens with zero attached hydrogens (tertiary/aromatic N) is 2. The first-order chi connectivity index (χ1) is 20.0. The second-order valence-electron chi connectivity index (χ2n) is 11.0. The highest BCUT2D eigenvalue weighted by atomic mass is 32.2. The first-order valence-corrected chi connectivity index (χ1v) is 15.8. The Morgan fingerprint density at radius 1 is 0.905 bits per heavy atom. The number of rotatable bonds is 14. The molecule has 0 heterocycles. The molecule has 0 aliphatic carbocycles. The molecule has 0 aromatic heterocycles. The van der Waals surface area contributed by atoms with Gasteiger partial charge in [0.2, 0.25) is 11.8 Å². The Bertz CT molecular complexity index is 1420. The minimum atomic E-state index is -4.11. The topological polar surface area (TPSA) is 96.0 Å². The molecule has 42 heavy (non-hydrogen) atoms. The minimum absolute atomic E-state index is 0.0757. The van der Waals surface area contributed by atoms with Crippen LogP contribution in [0.15, 0.2) is 83.8 Å². The van der Waals surface area contributed by atoms with Gasteiger partial charge in [-0.15, -0.1) is 0 Å². The van der Waals surface area contributed by atoms with E-state index in [2.05, 4.69) is 19.2 Å². The number of carbonyl (C=O) groups is 2. The van der Waals surface area contributed by atoms with E-state index in [0.29, 0.717) is 24.4 Å². The van der Waals surface area contributed by atoms with E-state index >= 15 is 0 Å². The van der Waals surface area contributed by atoms with Gasteiger partial charge >= 0.3 is 0 Å². The first kappa shape index (κ1) is 32.7. The lowest BCUT2D eigenvalue weighted by atomic mass is 10.0. The van der Waals surface area contributed by atoms with Crippen LogP contribution in [0.3, 0.4) is 0 Å². The molecule has 0 aliphatic rings. The quantitative estimate of drug-likeness (QED) is 0.263. The van der Waals surface area contributed by atoms with Crippen LogP contribution >= 0.6 is 0 Å². The smallest absolute Gasteiger partial charge is 0.264 e. The van der Waals surface area contributed by atoms with E-state index in [0.717, 1.165) is 15.4 Å². The number of ether oxygens (including phenoxy) is 1. The zero-order valence-corrected chi connectivity index (χ0v) is 26.2. The largest absolute Gasteiger partial charge is 0.497 e. The fraction of sp³-hybridized carbons (Fsp3) is 0.394. The van der Waals surface area contributed by atoms with Crippen molar-refractivity contribution in [3.05, 3.63) is 90.0 Å². The first-order valence-electron chi connectivity index (χ1n) is 14.4. The summed E-state index contributed by atoms with van der Waals surface area (Å²) in [6, 6.07) is 21.7. The van der Waals surface area contributed by atoms with Gasteiger partial charge in [-0.3, -0.25) is 13.9 Å². The van der Waals surface area contributed by atoms with Crippen LogP contribution in [0.1, 0.15) is 58.1 Å². The molecule has 8 nitrogen and oxygen atoms in total. The Labute approximate surface area is 250 Å². The summed E-state index contributed by atoms with van der Waals surface area (Å²) < 4.78 is 34.4. The van der Waals surface area contributed by atoms with Crippen molar-refractivity contribution in [2.45, 2.75) is 64.4 Å². The van der Waals surface area contributed by atoms with Gasteiger partial charge in [0, 0.05) is 13.1 Å². The highest BCUT2D eigenvalue weighted by molar-refractivity contribution is 7.92. The number of benzene rings is 3. The SMILES string of the molecule is CC[C@H](C(=O)NCC(C)C)N(Cc1cccc(OC)c1)C(=O)CN(c1ccc(C(C)C)cc1)S(=O)(=O)c1ccccc1. The van der Waals surface area contributed by atoms with Crippen LogP contribution in [0.2, 0.25) is 0 Å². The minimum Gasteiger partial charge on any atom is -0.497 e. The molecule has 0 bridgehead atoms. The molecule has 3 aromatic rings. The maximum absolute atomic E-state index is 14.2. The average Bonchev–Trinajstić information content (AvgIpc) is 2.99. The Hall–Kier alpha value is -3.85. The highest BCUT2D eigenvalue weighted by Crippen LogP contribution is 2.27. The van der Waals surface area contributed by atoms with Crippen LogP contribution < -0.4 is 14.4 Å². The van der Waals surface area contributed by atoms with Gasteiger partial charge in [-0.2, -0.15) is 0 Å². The molecule has 3 aromatic carbocycles. The molecule has 0 aliphatic heterocycles. The van der Waals surface area contributed by atoms with Gasteiger partial charge in [-0.05, 0) is 65.8 Å². The Kier molecular flexibility index (Phi) is 11.6. The lowest BCUT2D eigenvalue weighted by molar-refractivity contribution is -0.140. The van der Waals surface area contributed by atoms with Gasteiger partial charge in [0.15, 0.2) is 0 Å². The molecule has 0 saturated carbocycles. The molecule has 0 saturated heterocycles. The van der Waals surface area contributed by atoms with Crippen molar-refractivity contribution in [1.82, 2.24) is 10.2 Å². The molecule has 226 valence electrons. The number of nitrogens with one attached hydrogen (secondary N) is 1. The van der Waals surface area contributed by atoms with Gasteiger partial charge < -0.3 is 15.0 Å². The zero-order valence-electron chi connectivity index (χ0n) is 25.4. The van der Waals surface area contributed by atoms with Gasteiger partial charge in [-0.1, -0.05) is 77.1 Å². The van der Waals surface area contributed by atoms with Crippen molar-refractivity contribution in [3.63, 3.8) is 0 Å². The number of hydrogen-bond acceptors (Lipinski definition) is 5. The van der Waals surface area contributed by atoms with Crippen LogP contribution in [0.5, 0.6) is 5.75 Å². The number of sulfonamides is 1. The number of amides is 2. The average molecular weight is 594 g/mol. The summed E-state index contributed by atoms with van der Waals surface area (Å²) in [5, 5.41) is 2.95. The monoisotopic (exact) mass is 593 g/mol. The summed E-state index contributed by atoms with van der Waals surface area (Å²) in [5.74, 6) is 0.343. The Balaban J connectivity index is 2.06. The maximum Gasteiger partial charge on any atom is 0.264 e. The second kappa shape index (κ2) is 14.9. The van der Waals surface area contributed by atoms with Gasteiger partial charge in [0.05, 0.1) is 17.7 Å². The lowest BCUT2D eigenvalue weighted by Gasteiger charge is -2.33. The standard InChI is InChI=1S/C33H43N3O5S/c1-7-31(33(38)34-21-24(2)3)35(22-26-12-11-13-29(20-26)41-6)32(37)23-36(28-18-16-27(17-19-28)25(4)5)42(39,40)30-14-9-8-10-15-30/h8-20,24-25,31H,7,21-23H2,1-6H3,(H,34,38)/t31-/m1/s1. The molecule has 2 amide bonds. The van der Waals surface area contributed by atoms with Crippen molar-refractivity contribution in [2.24, 2.45) is 5.92 Å². The molecule has 9 heteroatoms. The van der Waals surface area contributed by atoms with Crippen LogP contribution in [0.4, 0.5) is 5.69 Å². The van der Waals surface area contributed by atoms with Gasteiger partial charge in [0.25, 0.3) is 10.0 Å². The zero-order chi connectivity index (χ0) is 30.9. The number of methoxy groups -OCH3 is 1. The van der Waals surface area contributed by atoms with E-state index in [1.807, 2.05) is 51.1 Å². The third kappa shape index (κ3) is 8.35. The predicted molar refractivity (Wildman–Crippen MR) is 167 cm³/mol. The molecule has 0 fully saturated rings. The van der Waals surface area contributed by atoms with Gasteiger partial charge in [-0.25, -0.2) is 8.42 Å². The van der Waals surface area contributed by atoms with Crippen molar-refractivity contribution < 1.29 is 22.7 Å². The lowest BCUT2D eigenvalue weighted by Crippen LogP contribution is -2.52.